The van der Waals surface area contributed by atoms with E-state index < -0.39 is 23.8 Å². The van der Waals surface area contributed by atoms with Crippen molar-refractivity contribution in [1.29, 1.82) is 0 Å². The Labute approximate surface area is 149 Å². The summed E-state index contributed by atoms with van der Waals surface area (Å²) in [6, 6.07) is 2.74. The van der Waals surface area contributed by atoms with E-state index in [9.17, 15) is 23.1 Å². The minimum atomic E-state index is -4.56. The van der Waals surface area contributed by atoms with Crippen LogP contribution < -0.4 is 15.4 Å². The second-order valence-electron chi connectivity index (χ2n) is 5.50. The highest BCUT2D eigenvalue weighted by Crippen LogP contribution is 2.32. The van der Waals surface area contributed by atoms with Gasteiger partial charge >= 0.3 is 6.18 Å². The number of halogens is 4. The van der Waals surface area contributed by atoms with Crippen LogP contribution in [0.4, 0.5) is 13.2 Å². The quantitative estimate of drug-likeness (QED) is 0.660. The van der Waals surface area contributed by atoms with Crippen molar-refractivity contribution in [2.45, 2.75) is 12.3 Å². The van der Waals surface area contributed by atoms with E-state index in [1.807, 2.05) is 0 Å². The normalized spacial score (nSPS) is 19.8. The van der Waals surface area contributed by atoms with Gasteiger partial charge < -0.3 is 20.5 Å². The number of amides is 1. The largest absolute Gasteiger partial charge is 0.489 e. The van der Waals surface area contributed by atoms with Gasteiger partial charge in [0.05, 0.1) is 17.2 Å². The Balaban J connectivity index is 0.00000312. The van der Waals surface area contributed by atoms with Crippen molar-refractivity contribution >= 4 is 18.3 Å². The molecule has 0 spiro atoms. The van der Waals surface area contributed by atoms with E-state index in [0.29, 0.717) is 13.1 Å². The van der Waals surface area contributed by atoms with Gasteiger partial charge in [-0.25, -0.2) is 0 Å². The number of ether oxygens (including phenoxy) is 1. The summed E-state index contributed by atoms with van der Waals surface area (Å²) in [5.41, 5.74) is -1.13. The molecular formula is C16H20ClF3N2O3. The summed E-state index contributed by atoms with van der Waals surface area (Å²) >= 11 is 0. The third-order valence-electron chi connectivity index (χ3n) is 3.74. The van der Waals surface area contributed by atoms with Gasteiger partial charge in [-0.3, -0.25) is 4.79 Å². The molecule has 0 bridgehead atoms. The molecule has 1 aromatic carbocycles. The van der Waals surface area contributed by atoms with Gasteiger partial charge in [-0.15, -0.1) is 12.4 Å². The zero-order valence-corrected chi connectivity index (χ0v) is 14.1. The Hall–Kier alpha value is -1.77. The van der Waals surface area contributed by atoms with Gasteiger partial charge in [0, 0.05) is 25.6 Å². The Kier molecular flexibility index (Phi) is 7.72. The molecule has 0 saturated carbocycles. The first kappa shape index (κ1) is 21.3. The fraction of sp³-hybridized carbons (Fsp3) is 0.438. The SMILES string of the molecule is C=CCOc1ccc(C(F)(F)F)cc1C(=O)NCC1CNCC1O.Cl. The maximum absolute atomic E-state index is 12.9. The summed E-state index contributed by atoms with van der Waals surface area (Å²) in [5, 5.41) is 15.2. The number of β-amino-alcohol motifs (C(OH)–C–C–N with tert-alkyl or cyclic N) is 1. The molecule has 0 aromatic heterocycles. The molecule has 1 aliphatic rings. The van der Waals surface area contributed by atoms with Crippen LogP contribution in [-0.4, -0.2) is 43.4 Å². The first-order valence-corrected chi connectivity index (χ1v) is 7.45. The third-order valence-corrected chi connectivity index (χ3v) is 3.74. The van der Waals surface area contributed by atoms with E-state index in [4.69, 9.17) is 4.74 Å². The molecule has 2 unspecified atom stereocenters. The Bertz CT molecular complexity index is 611. The molecule has 1 fully saturated rings. The van der Waals surface area contributed by atoms with Crippen LogP contribution in [0.1, 0.15) is 15.9 Å². The monoisotopic (exact) mass is 380 g/mol. The number of aliphatic hydroxyl groups is 1. The standard InChI is InChI=1S/C16H19F3N2O3.ClH/c1-2-5-24-14-4-3-11(16(17,18)19)6-12(14)15(23)21-8-10-7-20-9-13(10)22;/h2-4,6,10,13,20,22H,1,5,7-9H2,(H,21,23);1H. The van der Waals surface area contributed by atoms with Crippen LogP contribution in [0.25, 0.3) is 0 Å². The first-order chi connectivity index (χ1) is 11.3. The number of hydrogen-bond acceptors (Lipinski definition) is 4. The van der Waals surface area contributed by atoms with Gasteiger partial charge in [0.25, 0.3) is 5.91 Å². The predicted molar refractivity (Wildman–Crippen MR) is 89.1 cm³/mol. The molecule has 2 rings (SSSR count). The van der Waals surface area contributed by atoms with Crippen LogP contribution in [0.3, 0.4) is 0 Å². The molecule has 1 aliphatic heterocycles. The lowest BCUT2D eigenvalue weighted by Gasteiger charge is -2.16. The fourth-order valence-electron chi connectivity index (χ4n) is 2.40. The van der Waals surface area contributed by atoms with Gasteiger partial charge in [0.15, 0.2) is 0 Å². The molecule has 3 N–H and O–H groups in total. The van der Waals surface area contributed by atoms with Gasteiger partial charge in [-0.2, -0.15) is 13.2 Å². The molecule has 0 radical (unpaired) electrons. The molecule has 0 aliphatic carbocycles. The minimum absolute atomic E-state index is 0. The molecule has 1 saturated heterocycles. The number of alkyl halides is 3. The van der Waals surface area contributed by atoms with E-state index in [-0.39, 0.29) is 42.8 Å². The number of rotatable bonds is 6. The van der Waals surface area contributed by atoms with Crippen LogP contribution >= 0.6 is 12.4 Å². The fourth-order valence-corrected chi connectivity index (χ4v) is 2.40. The molecule has 1 heterocycles. The summed E-state index contributed by atoms with van der Waals surface area (Å²) in [6.45, 7) is 4.65. The first-order valence-electron chi connectivity index (χ1n) is 7.45. The number of hydrogen-bond donors (Lipinski definition) is 3. The number of nitrogens with one attached hydrogen (secondary N) is 2. The summed E-state index contributed by atoms with van der Waals surface area (Å²) in [7, 11) is 0. The minimum Gasteiger partial charge on any atom is -0.489 e. The topological polar surface area (TPSA) is 70.6 Å². The van der Waals surface area contributed by atoms with Crippen molar-refractivity contribution in [2.75, 3.05) is 26.2 Å². The van der Waals surface area contributed by atoms with Crippen LogP contribution in [0.15, 0.2) is 30.9 Å². The number of carbonyl (C=O) groups is 1. The number of carbonyl (C=O) groups excluding carboxylic acids is 1. The van der Waals surface area contributed by atoms with Crippen molar-refractivity contribution in [1.82, 2.24) is 10.6 Å². The summed E-state index contributed by atoms with van der Waals surface area (Å²) in [5.74, 6) is -0.818. The van der Waals surface area contributed by atoms with E-state index in [1.54, 1.807) is 0 Å². The van der Waals surface area contributed by atoms with Crippen LogP contribution in [0, 0.1) is 5.92 Å². The molecule has 9 heteroatoms. The highest BCUT2D eigenvalue weighted by molar-refractivity contribution is 5.97. The van der Waals surface area contributed by atoms with Gasteiger partial charge in [-0.1, -0.05) is 12.7 Å². The summed E-state index contributed by atoms with van der Waals surface area (Å²) in [4.78, 5) is 12.3. The number of aliphatic hydroxyl groups excluding tert-OH is 1. The zero-order chi connectivity index (χ0) is 17.7. The maximum Gasteiger partial charge on any atom is 0.416 e. The predicted octanol–water partition coefficient (Wildman–Crippen LogP) is 2.00. The zero-order valence-electron chi connectivity index (χ0n) is 13.3. The van der Waals surface area contributed by atoms with Gasteiger partial charge in [-0.05, 0) is 18.2 Å². The average Bonchev–Trinajstić information content (AvgIpc) is 2.94. The van der Waals surface area contributed by atoms with Crippen molar-refractivity contribution in [3.63, 3.8) is 0 Å². The number of benzene rings is 1. The van der Waals surface area contributed by atoms with Crippen LogP contribution in [0.2, 0.25) is 0 Å². The highest BCUT2D eigenvalue weighted by Gasteiger charge is 2.32. The maximum atomic E-state index is 12.9. The second kappa shape index (κ2) is 9.07. The van der Waals surface area contributed by atoms with Crippen molar-refractivity contribution < 1.29 is 27.8 Å². The molecule has 1 amide bonds. The molecule has 5 nitrogen and oxygen atoms in total. The summed E-state index contributed by atoms with van der Waals surface area (Å²) in [6.07, 6.45) is -3.72. The lowest BCUT2D eigenvalue weighted by molar-refractivity contribution is -0.137. The molecule has 140 valence electrons. The van der Waals surface area contributed by atoms with Crippen molar-refractivity contribution in [3.05, 3.63) is 42.0 Å². The van der Waals surface area contributed by atoms with E-state index in [1.165, 1.54) is 6.08 Å². The second-order valence-corrected chi connectivity index (χ2v) is 5.50. The molecule has 1 aromatic rings. The van der Waals surface area contributed by atoms with E-state index in [2.05, 4.69) is 17.2 Å². The Morgan fingerprint density at radius 1 is 1.44 bits per heavy atom. The Morgan fingerprint density at radius 3 is 2.72 bits per heavy atom. The Morgan fingerprint density at radius 2 is 2.16 bits per heavy atom. The lowest BCUT2D eigenvalue weighted by Crippen LogP contribution is -2.34. The van der Waals surface area contributed by atoms with Crippen LogP contribution in [0.5, 0.6) is 5.75 Å². The van der Waals surface area contributed by atoms with E-state index >= 15 is 0 Å². The van der Waals surface area contributed by atoms with Crippen molar-refractivity contribution in [3.8, 4) is 5.75 Å². The molecule has 25 heavy (non-hydrogen) atoms. The smallest absolute Gasteiger partial charge is 0.416 e. The average molecular weight is 381 g/mol. The van der Waals surface area contributed by atoms with E-state index in [0.717, 1.165) is 18.2 Å². The third kappa shape index (κ3) is 5.62. The summed E-state index contributed by atoms with van der Waals surface area (Å²) < 4.78 is 43.9. The molecular weight excluding hydrogens is 361 g/mol. The van der Waals surface area contributed by atoms with Gasteiger partial charge in [0.1, 0.15) is 12.4 Å². The van der Waals surface area contributed by atoms with Crippen molar-refractivity contribution in [2.24, 2.45) is 5.92 Å². The molecule has 2 atom stereocenters. The highest BCUT2D eigenvalue weighted by atomic mass is 35.5. The lowest BCUT2D eigenvalue weighted by atomic mass is 10.1. The van der Waals surface area contributed by atoms with Crippen LogP contribution in [-0.2, 0) is 6.18 Å². The van der Waals surface area contributed by atoms with Gasteiger partial charge in [0.2, 0.25) is 0 Å².